The molecule has 0 spiro atoms. The molecule has 1 aromatic heterocycles. The summed E-state index contributed by atoms with van der Waals surface area (Å²) in [6.07, 6.45) is 1.25. The van der Waals surface area contributed by atoms with E-state index in [1.54, 1.807) is 24.3 Å². The number of nitrogens with two attached hydrogens (primary N) is 1. The molecule has 1 heterocycles. The molecule has 0 unspecified atom stereocenters. The zero-order valence-electron chi connectivity index (χ0n) is 11.4. The zero-order chi connectivity index (χ0) is 13.8. The van der Waals surface area contributed by atoms with Gasteiger partial charge in [-0.3, -0.25) is 9.48 Å². The largest absolute Gasteiger partial charge is 0.399 e. The third kappa shape index (κ3) is 3.02. The average molecular weight is 257 g/mol. The number of aryl methyl sites for hydroxylation is 2. The Balaban J connectivity index is 2.21. The van der Waals surface area contributed by atoms with Crippen LogP contribution in [-0.2, 0) is 19.4 Å². The van der Waals surface area contributed by atoms with Crippen LogP contribution in [-0.4, -0.2) is 15.6 Å². The van der Waals surface area contributed by atoms with Gasteiger partial charge < -0.3 is 5.73 Å². The summed E-state index contributed by atoms with van der Waals surface area (Å²) in [5.41, 5.74) is 8.96. The fourth-order valence-corrected chi connectivity index (χ4v) is 2.08. The lowest BCUT2D eigenvalue weighted by Crippen LogP contribution is -2.10. The van der Waals surface area contributed by atoms with Gasteiger partial charge >= 0.3 is 0 Å². The molecule has 2 aromatic rings. The molecule has 2 N–H and O–H groups in total. The normalized spacial score (nSPS) is 10.6. The van der Waals surface area contributed by atoms with E-state index in [4.69, 9.17) is 5.73 Å². The van der Waals surface area contributed by atoms with Crippen LogP contribution in [0.1, 0.15) is 35.6 Å². The Labute approximate surface area is 113 Å². The molecular formula is C15H19N3O. The molecule has 4 heteroatoms. The first-order chi connectivity index (χ1) is 9.13. The van der Waals surface area contributed by atoms with Crippen molar-refractivity contribution in [3.63, 3.8) is 0 Å². The molecular weight excluding hydrogens is 238 g/mol. The highest BCUT2D eigenvalue weighted by atomic mass is 16.1. The summed E-state index contributed by atoms with van der Waals surface area (Å²) in [6, 6.07) is 9.11. The van der Waals surface area contributed by atoms with Crippen LogP contribution in [0, 0.1) is 0 Å². The molecule has 2 rings (SSSR count). The first-order valence-electron chi connectivity index (χ1n) is 6.58. The molecule has 19 heavy (non-hydrogen) atoms. The summed E-state index contributed by atoms with van der Waals surface area (Å²) in [5.74, 6) is 0.0737. The Morgan fingerprint density at radius 2 is 2.11 bits per heavy atom. The number of Topliss-reactive ketones (excluding diaryl/α,β-unsaturated/α-hetero) is 1. The van der Waals surface area contributed by atoms with Crippen molar-refractivity contribution in [2.24, 2.45) is 0 Å². The minimum absolute atomic E-state index is 0.0737. The van der Waals surface area contributed by atoms with E-state index in [1.807, 2.05) is 17.7 Å². The van der Waals surface area contributed by atoms with Gasteiger partial charge in [0.05, 0.1) is 12.1 Å². The van der Waals surface area contributed by atoms with Gasteiger partial charge in [0, 0.05) is 23.5 Å². The molecule has 0 radical (unpaired) electrons. The molecule has 100 valence electrons. The summed E-state index contributed by atoms with van der Waals surface area (Å²) in [6.45, 7) is 4.87. The van der Waals surface area contributed by atoms with Crippen molar-refractivity contribution in [2.45, 2.75) is 33.2 Å². The van der Waals surface area contributed by atoms with Crippen LogP contribution in [0.4, 0.5) is 5.69 Å². The standard InChI is InChI=1S/C15H19N3O/c1-3-13-9-14(18(4-2)17-13)10-15(19)11-6-5-7-12(16)8-11/h5-9H,3-4,10,16H2,1-2H3. The number of carbonyl (C=O) groups excluding carboxylic acids is 1. The van der Waals surface area contributed by atoms with Crippen molar-refractivity contribution < 1.29 is 4.79 Å². The molecule has 0 fully saturated rings. The number of rotatable bonds is 5. The molecule has 0 saturated heterocycles. The van der Waals surface area contributed by atoms with Gasteiger partial charge in [-0.25, -0.2) is 0 Å². The summed E-state index contributed by atoms with van der Waals surface area (Å²) in [4.78, 5) is 12.2. The molecule has 1 aromatic carbocycles. The lowest BCUT2D eigenvalue weighted by Gasteiger charge is -2.04. The Hall–Kier alpha value is -2.10. The van der Waals surface area contributed by atoms with Crippen molar-refractivity contribution >= 4 is 11.5 Å². The monoisotopic (exact) mass is 257 g/mol. The predicted molar refractivity (Wildman–Crippen MR) is 76.2 cm³/mol. The van der Waals surface area contributed by atoms with Gasteiger partial charge in [-0.05, 0) is 31.5 Å². The zero-order valence-corrected chi connectivity index (χ0v) is 11.4. The van der Waals surface area contributed by atoms with Crippen LogP contribution < -0.4 is 5.73 Å². The molecule has 0 bridgehead atoms. The van der Waals surface area contributed by atoms with Gasteiger partial charge in [0.25, 0.3) is 0 Å². The molecule has 0 aliphatic heterocycles. The van der Waals surface area contributed by atoms with E-state index in [0.29, 0.717) is 17.7 Å². The highest BCUT2D eigenvalue weighted by molar-refractivity contribution is 5.98. The van der Waals surface area contributed by atoms with E-state index in [-0.39, 0.29) is 5.78 Å². The second-order valence-electron chi connectivity index (χ2n) is 4.52. The average Bonchev–Trinajstić information content (AvgIpc) is 2.81. The van der Waals surface area contributed by atoms with Gasteiger partial charge in [0.2, 0.25) is 0 Å². The summed E-state index contributed by atoms with van der Waals surface area (Å²) in [5, 5.41) is 4.45. The number of carbonyl (C=O) groups is 1. The maximum Gasteiger partial charge on any atom is 0.168 e. The van der Waals surface area contributed by atoms with Crippen LogP contribution in [0.3, 0.4) is 0 Å². The van der Waals surface area contributed by atoms with E-state index in [2.05, 4.69) is 12.0 Å². The fraction of sp³-hybridized carbons (Fsp3) is 0.333. The minimum Gasteiger partial charge on any atom is -0.399 e. The van der Waals surface area contributed by atoms with Gasteiger partial charge in [-0.1, -0.05) is 19.1 Å². The summed E-state index contributed by atoms with van der Waals surface area (Å²) >= 11 is 0. The van der Waals surface area contributed by atoms with E-state index in [1.165, 1.54) is 0 Å². The second-order valence-corrected chi connectivity index (χ2v) is 4.52. The van der Waals surface area contributed by atoms with Crippen LogP contribution in [0.5, 0.6) is 0 Å². The smallest absolute Gasteiger partial charge is 0.168 e. The van der Waals surface area contributed by atoms with Gasteiger partial charge in [-0.2, -0.15) is 5.10 Å². The number of ketones is 1. The Kier molecular flexibility index (Phi) is 4.00. The van der Waals surface area contributed by atoms with E-state index < -0.39 is 0 Å². The molecule has 4 nitrogen and oxygen atoms in total. The van der Waals surface area contributed by atoms with Crippen LogP contribution in [0.25, 0.3) is 0 Å². The van der Waals surface area contributed by atoms with Crippen LogP contribution >= 0.6 is 0 Å². The van der Waals surface area contributed by atoms with E-state index in [0.717, 1.165) is 24.4 Å². The predicted octanol–water partition coefficient (Wildman–Crippen LogP) is 2.47. The summed E-state index contributed by atoms with van der Waals surface area (Å²) < 4.78 is 1.89. The quantitative estimate of drug-likeness (QED) is 0.661. The van der Waals surface area contributed by atoms with Gasteiger partial charge in [0.1, 0.15) is 0 Å². The third-order valence-corrected chi connectivity index (χ3v) is 3.13. The van der Waals surface area contributed by atoms with Crippen molar-refractivity contribution in [1.82, 2.24) is 9.78 Å². The summed E-state index contributed by atoms with van der Waals surface area (Å²) in [7, 11) is 0. The first kappa shape index (κ1) is 13.3. The van der Waals surface area contributed by atoms with Crippen LogP contribution in [0.2, 0.25) is 0 Å². The molecule has 0 aliphatic rings. The Morgan fingerprint density at radius 1 is 1.32 bits per heavy atom. The SMILES string of the molecule is CCc1cc(CC(=O)c2cccc(N)c2)n(CC)n1. The fourth-order valence-electron chi connectivity index (χ4n) is 2.08. The Morgan fingerprint density at radius 3 is 2.74 bits per heavy atom. The number of aromatic nitrogens is 2. The second kappa shape index (κ2) is 5.69. The van der Waals surface area contributed by atoms with Crippen molar-refractivity contribution in [3.05, 3.63) is 47.3 Å². The van der Waals surface area contributed by atoms with Crippen molar-refractivity contribution in [3.8, 4) is 0 Å². The van der Waals surface area contributed by atoms with E-state index >= 15 is 0 Å². The molecule has 0 amide bonds. The third-order valence-electron chi connectivity index (χ3n) is 3.13. The maximum atomic E-state index is 12.2. The lowest BCUT2D eigenvalue weighted by molar-refractivity contribution is 0.0990. The number of hydrogen-bond acceptors (Lipinski definition) is 3. The molecule has 0 saturated carbocycles. The van der Waals surface area contributed by atoms with Crippen molar-refractivity contribution in [2.75, 3.05) is 5.73 Å². The topological polar surface area (TPSA) is 60.9 Å². The Bertz CT molecular complexity index is 587. The molecule has 0 atom stereocenters. The number of nitrogen functional groups attached to an aromatic ring is 1. The number of anilines is 1. The van der Waals surface area contributed by atoms with Gasteiger partial charge in [0.15, 0.2) is 5.78 Å². The number of nitrogens with zero attached hydrogens (tertiary/aromatic N) is 2. The molecule has 0 aliphatic carbocycles. The maximum absolute atomic E-state index is 12.2. The first-order valence-corrected chi connectivity index (χ1v) is 6.58. The number of benzene rings is 1. The number of hydrogen-bond donors (Lipinski definition) is 1. The highest BCUT2D eigenvalue weighted by Crippen LogP contribution is 2.12. The van der Waals surface area contributed by atoms with Crippen molar-refractivity contribution in [1.29, 1.82) is 0 Å². The van der Waals surface area contributed by atoms with E-state index in [9.17, 15) is 4.79 Å². The van der Waals surface area contributed by atoms with Gasteiger partial charge in [-0.15, -0.1) is 0 Å². The highest BCUT2D eigenvalue weighted by Gasteiger charge is 2.12. The lowest BCUT2D eigenvalue weighted by atomic mass is 10.1. The minimum atomic E-state index is 0.0737. The van der Waals surface area contributed by atoms with Crippen LogP contribution in [0.15, 0.2) is 30.3 Å².